The molecule has 2 amide bonds. The Kier molecular flexibility index (Phi) is 7.02. The van der Waals surface area contributed by atoms with Gasteiger partial charge in [-0.2, -0.15) is 9.78 Å². The van der Waals surface area contributed by atoms with Crippen LogP contribution in [0, 0.1) is 11.8 Å². The Balaban J connectivity index is 1.37. The Hall–Kier alpha value is -3.46. The average Bonchev–Trinajstić information content (AvgIpc) is 3.73. The molecule has 0 radical (unpaired) electrons. The van der Waals surface area contributed by atoms with Gasteiger partial charge in [0.25, 0.3) is 5.91 Å². The summed E-state index contributed by atoms with van der Waals surface area (Å²) in [6.07, 6.45) is 7.01. The van der Waals surface area contributed by atoms with E-state index in [-0.39, 0.29) is 30.2 Å². The lowest BCUT2D eigenvalue weighted by Crippen LogP contribution is -2.52. The van der Waals surface area contributed by atoms with Crippen molar-refractivity contribution in [2.45, 2.75) is 57.3 Å². The Morgan fingerprint density at radius 1 is 1.05 bits per heavy atom. The number of allylic oxidation sites excluding steroid dienone is 2. The molecule has 2 heterocycles. The van der Waals surface area contributed by atoms with Crippen molar-refractivity contribution >= 4 is 40.9 Å². The van der Waals surface area contributed by atoms with Crippen LogP contribution < -0.4 is 0 Å². The third kappa shape index (κ3) is 4.85. The number of carbonyl (C=O) groups excluding carboxylic acids is 3. The predicted octanol–water partition coefficient (Wildman–Crippen LogP) is 3.78. The second-order valence-corrected chi connectivity index (χ2v) is 11.9. The minimum absolute atomic E-state index is 0.0635. The minimum atomic E-state index is -0.798. The van der Waals surface area contributed by atoms with Crippen LogP contribution in [0.15, 0.2) is 24.3 Å². The summed E-state index contributed by atoms with van der Waals surface area (Å²) in [5, 5.41) is 14.7. The van der Waals surface area contributed by atoms with Gasteiger partial charge in [-0.1, -0.05) is 29.8 Å². The Bertz CT molecular complexity index is 1440. The van der Waals surface area contributed by atoms with Crippen LogP contribution in [0.4, 0.5) is 0 Å². The maximum Gasteiger partial charge on any atom is 0.306 e. The number of halogens is 1. The number of carbonyl (C=O) groups is 4. The normalized spacial score (nSPS) is 23.1. The highest BCUT2D eigenvalue weighted by molar-refractivity contribution is 6.34. The number of likely N-dealkylation sites (N-methyl/N-ethyl adjacent to an activating group) is 1. The molecule has 10 heteroatoms. The molecule has 40 heavy (non-hydrogen) atoms. The minimum Gasteiger partial charge on any atom is -0.481 e. The topological polar surface area (TPSA) is 113 Å². The van der Waals surface area contributed by atoms with E-state index in [4.69, 9.17) is 16.7 Å². The number of nitrogens with zero attached hydrogens (tertiary/aromatic N) is 4. The van der Waals surface area contributed by atoms with Crippen LogP contribution in [0.2, 0.25) is 5.02 Å². The zero-order valence-electron chi connectivity index (χ0n) is 22.6. The van der Waals surface area contributed by atoms with Gasteiger partial charge in [0.2, 0.25) is 11.8 Å². The van der Waals surface area contributed by atoms with Crippen LogP contribution in [-0.4, -0.2) is 75.1 Å². The summed E-state index contributed by atoms with van der Waals surface area (Å²) < 4.78 is 1.45. The summed E-state index contributed by atoms with van der Waals surface area (Å²) in [5.74, 6) is -1.70. The first-order valence-corrected chi connectivity index (χ1v) is 14.5. The van der Waals surface area contributed by atoms with Crippen molar-refractivity contribution in [3.63, 3.8) is 0 Å². The second kappa shape index (κ2) is 10.5. The van der Waals surface area contributed by atoms with Gasteiger partial charge in [-0.25, -0.2) is 0 Å². The largest absolute Gasteiger partial charge is 0.481 e. The van der Waals surface area contributed by atoms with E-state index in [9.17, 15) is 24.3 Å². The number of carboxylic acid groups (broad SMARTS) is 1. The fraction of sp³-hybridized carbons (Fsp3) is 0.500. The molecule has 6 rings (SSSR count). The second-order valence-electron chi connectivity index (χ2n) is 11.5. The van der Waals surface area contributed by atoms with Gasteiger partial charge < -0.3 is 14.9 Å². The molecule has 1 saturated carbocycles. The molecule has 2 fully saturated rings. The molecule has 2 atom stereocenters. The molecule has 0 spiro atoms. The molecule has 1 saturated heterocycles. The maximum absolute atomic E-state index is 14.2. The predicted molar refractivity (Wildman–Crippen MR) is 148 cm³/mol. The van der Waals surface area contributed by atoms with E-state index in [0.29, 0.717) is 73.8 Å². The summed E-state index contributed by atoms with van der Waals surface area (Å²) in [6.45, 7) is 1.07. The van der Waals surface area contributed by atoms with Gasteiger partial charge in [0.1, 0.15) is 0 Å². The van der Waals surface area contributed by atoms with E-state index < -0.39 is 11.9 Å². The molecule has 1 N–H and O–H groups in total. The molecule has 2 unspecified atom stereocenters. The monoisotopic (exact) mass is 564 g/mol. The molecule has 1 aromatic carbocycles. The Labute approximate surface area is 237 Å². The number of fused-ring (bicyclic) bond motifs is 1. The molecule has 210 valence electrons. The van der Waals surface area contributed by atoms with Crippen LogP contribution >= 0.6 is 11.6 Å². The first-order chi connectivity index (χ1) is 19.2. The molecule has 1 aromatic heterocycles. The van der Waals surface area contributed by atoms with Crippen LogP contribution in [0.1, 0.15) is 77.3 Å². The molecule has 3 aliphatic carbocycles. The summed E-state index contributed by atoms with van der Waals surface area (Å²) in [5.41, 5.74) is 4.75. The molecular formula is C30H33ClN4O5. The van der Waals surface area contributed by atoms with Crippen molar-refractivity contribution in [2.75, 3.05) is 26.7 Å². The number of amides is 2. The Morgan fingerprint density at radius 2 is 1.82 bits per heavy atom. The molecule has 4 aliphatic rings. The van der Waals surface area contributed by atoms with E-state index in [2.05, 4.69) is 0 Å². The SMILES string of the molecule is CN1CCN(C(=O)C2CCc3c(C4=CCC(C(=O)O)CC4)nn(C(=O)c4c(Cl)cccc4C4CC4)c3C2)CC1=O. The van der Waals surface area contributed by atoms with E-state index in [0.717, 1.165) is 35.2 Å². The fourth-order valence-electron chi connectivity index (χ4n) is 6.33. The van der Waals surface area contributed by atoms with Gasteiger partial charge in [0.05, 0.1) is 34.4 Å². The number of piperazine rings is 1. The van der Waals surface area contributed by atoms with Crippen LogP contribution in [0.3, 0.4) is 0 Å². The van der Waals surface area contributed by atoms with Crippen LogP contribution in [0.25, 0.3) is 5.57 Å². The highest BCUT2D eigenvalue weighted by atomic mass is 35.5. The van der Waals surface area contributed by atoms with Gasteiger partial charge in [0.15, 0.2) is 0 Å². The van der Waals surface area contributed by atoms with Crippen LogP contribution in [-0.2, 0) is 27.2 Å². The number of benzene rings is 1. The van der Waals surface area contributed by atoms with Gasteiger partial charge in [-0.15, -0.1) is 0 Å². The highest BCUT2D eigenvalue weighted by Gasteiger charge is 2.38. The summed E-state index contributed by atoms with van der Waals surface area (Å²) >= 11 is 6.61. The number of carboxylic acids is 1. The van der Waals surface area contributed by atoms with Gasteiger partial charge >= 0.3 is 5.97 Å². The van der Waals surface area contributed by atoms with Crippen molar-refractivity contribution in [2.24, 2.45) is 11.8 Å². The number of rotatable bonds is 5. The summed E-state index contributed by atoms with van der Waals surface area (Å²) in [7, 11) is 1.74. The lowest BCUT2D eigenvalue weighted by atomic mass is 9.82. The maximum atomic E-state index is 14.2. The van der Waals surface area contributed by atoms with Crippen molar-refractivity contribution in [3.05, 3.63) is 57.4 Å². The quantitative estimate of drug-likeness (QED) is 0.591. The summed E-state index contributed by atoms with van der Waals surface area (Å²) in [4.78, 5) is 54.7. The van der Waals surface area contributed by atoms with Gasteiger partial charge in [-0.05, 0) is 68.1 Å². The van der Waals surface area contributed by atoms with Crippen molar-refractivity contribution in [1.29, 1.82) is 0 Å². The van der Waals surface area contributed by atoms with Crippen molar-refractivity contribution in [3.8, 4) is 0 Å². The molecule has 1 aliphatic heterocycles. The molecule has 9 nitrogen and oxygen atoms in total. The molecule has 0 bridgehead atoms. The number of hydrogen-bond acceptors (Lipinski definition) is 5. The number of aliphatic carboxylic acids is 1. The lowest BCUT2D eigenvalue weighted by Gasteiger charge is -2.35. The van der Waals surface area contributed by atoms with Crippen LogP contribution in [0.5, 0.6) is 0 Å². The summed E-state index contributed by atoms with van der Waals surface area (Å²) in [6, 6.07) is 5.55. The zero-order valence-corrected chi connectivity index (χ0v) is 23.3. The molecule has 2 aromatic rings. The standard InChI is InChI=1S/C30H33ClN4O5/c1-33-13-14-34(16-25(33)36)28(37)20-11-12-22-24(15-20)35(32-27(22)18-7-9-19(10-8-18)30(39)40)29(38)26-21(17-5-6-17)3-2-4-23(26)31/h2-4,7,17,19-20H,5-6,8-16H2,1H3,(H,39,40). The van der Waals surface area contributed by atoms with E-state index in [1.807, 2.05) is 18.2 Å². The highest BCUT2D eigenvalue weighted by Crippen LogP contribution is 2.44. The third-order valence-corrected chi connectivity index (χ3v) is 9.24. The zero-order chi connectivity index (χ0) is 28.1. The fourth-order valence-corrected chi connectivity index (χ4v) is 6.60. The van der Waals surface area contributed by atoms with E-state index in [1.54, 1.807) is 22.9 Å². The lowest BCUT2D eigenvalue weighted by molar-refractivity contribution is -0.146. The number of aromatic nitrogens is 2. The van der Waals surface area contributed by atoms with Crippen molar-refractivity contribution < 1.29 is 24.3 Å². The smallest absolute Gasteiger partial charge is 0.306 e. The first-order valence-electron chi connectivity index (χ1n) is 14.1. The van der Waals surface area contributed by atoms with Gasteiger partial charge in [-0.3, -0.25) is 19.2 Å². The van der Waals surface area contributed by atoms with Gasteiger partial charge in [0, 0.05) is 38.0 Å². The Morgan fingerprint density at radius 3 is 2.50 bits per heavy atom. The van der Waals surface area contributed by atoms with E-state index in [1.165, 1.54) is 4.68 Å². The van der Waals surface area contributed by atoms with E-state index >= 15 is 0 Å². The first kappa shape index (κ1) is 26.7. The molecular weight excluding hydrogens is 532 g/mol. The van der Waals surface area contributed by atoms with Crippen molar-refractivity contribution in [1.82, 2.24) is 19.6 Å². The third-order valence-electron chi connectivity index (χ3n) is 8.92. The number of hydrogen-bond donors (Lipinski definition) is 1. The average molecular weight is 565 g/mol.